The van der Waals surface area contributed by atoms with E-state index in [-0.39, 0.29) is 0 Å². The van der Waals surface area contributed by atoms with Crippen molar-refractivity contribution in [3.05, 3.63) is 70.5 Å². The van der Waals surface area contributed by atoms with Crippen LogP contribution in [0, 0.1) is 0 Å². The standard InChI is InChI=1S/C22H26N2S/c1-16(2)19-7-5-18(6-8-19)13-24(17(3)4)21-11-9-20(10-12-21)22-14-25-15-23-22/h5-12,14-17H,13H2,1-4H3. The fourth-order valence-electron chi connectivity index (χ4n) is 2.96. The van der Waals surface area contributed by atoms with Gasteiger partial charge in [-0.25, -0.2) is 4.98 Å². The molecule has 0 aliphatic carbocycles. The molecule has 0 unspecified atom stereocenters. The predicted molar refractivity (Wildman–Crippen MR) is 109 cm³/mol. The van der Waals surface area contributed by atoms with E-state index in [1.807, 2.05) is 5.51 Å². The number of hydrogen-bond donors (Lipinski definition) is 0. The summed E-state index contributed by atoms with van der Waals surface area (Å²) in [6.07, 6.45) is 0. The van der Waals surface area contributed by atoms with Crippen molar-refractivity contribution in [3.63, 3.8) is 0 Å². The van der Waals surface area contributed by atoms with Gasteiger partial charge < -0.3 is 4.90 Å². The Hall–Kier alpha value is -2.13. The molecule has 2 aromatic carbocycles. The smallest absolute Gasteiger partial charge is 0.0811 e. The van der Waals surface area contributed by atoms with Gasteiger partial charge in [-0.05, 0) is 43.0 Å². The Morgan fingerprint density at radius 3 is 2.12 bits per heavy atom. The van der Waals surface area contributed by atoms with Crippen LogP contribution < -0.4 is 4.90 Å². The summed E-state index contributed by atoms with van der Waals surface area (Å²) >= 11 is 1.63. The zero-order valence-corrected chi connectivity index (χ0v) is 16.3. The van der Waals surface area contributed by atoms with Crippen molar-refractivity contribution in [1.82, 2.24) is 4.98 Å². The molecule has 1 heterocycles. The van der Waals surface area contributed by atoms with Gasteiger partial charge in [0.25, 0.3) is 0 Å². The number of anilines is 1. The molecule has 1 aromatic heterocycles. The third-order valence-corrected chi connectivity index (χ3v) is 5.14. The van der Waals surface area contributed by atoms with E-state index in [1.54, 1.807) is 11.3 Å². The number of thiazole rings is 1. The molecule has 0 radical (unpaired) electrons. The second-order valence-electron chi connectivity index (χ2n) is 7.04. The van der Waals surface area contributed by atoms with Crippen molar-refractivity contribution in [1.29, 1.82) is 0 Å². The van der Waals surface area contributed by atoms with Crippen LogP contribution in [0.25, 0.3) is 11.3 Å². The summed E-state index contributed by atoms with van der Waals surface area (Å²) in [5, 5.41) is 2.09. The van der Waals surface area contributed by atoms with Crippen molar-refractivity contribution < 1.29 is 0 Å². The minimum absolute atomic E-state index is 0.440. The van der Waals surface area contributed by atoms with E-state index in [0.717, 1.165) is 12.2 Å². The highest BCUT2D eigenvalue weighted by Gasteiger charge is 2.12. The van der Waals surface area contributed by atoms with Gasteiger partial charge in [0.05, 0.1) is 11.2 Å². The summed E-state index contributed by atoms with van der Waals surface area (Å²) in [6.45, 7) is 9.89. The Kier molecular flexibility index (Phi) is 5.54. The topological polar surface area (TPSA) is 16.1 Å². The maximum absolute atomic E-state index is 4.39. The van der Waals surface area contributed by atoms with Gasteiger partial charge in [-0.15, -0.1) is 11.3 Å². The van der Waals surface area contributed by atoms with Crippen LogP contribution in [0.5, 0.6) is 0 Å². The summed E-state index contributed by atoms with van der Waals surface area (Å²) in [5.74, 6) is 0.577. The Morgan fingerprint density at radius 1 is 0.920 bits per heavy atom. The summed E-state index contributed by atoms with van der Waals surface area (Å²) in [4.78, 5) is 6.83. The zero-order valence-electron chi connectivity index (χ0n) is 15.4. The maximum Gasteiger partial charge on any atom is 0.0811 e. The fraction of sp³-hybridized carbons (Fsp3) is 0.318. The van der Waals surface area contributed by atoms with E-state index < -0.39 is 0 Å². The van der Waals surface area contributed by atoms with Crippen LogP contribution in [0.15, 0.2) is 59.4 Å². The average Bonchev–Trinajstić information content (AvgIpc) is 3.14. The van der Waals surface area contributed by atoms with E-state index >= 15 is 0 Å². The number of nitrogens with zero attached hydrogens (tertiary/aromatic N) is 2. The quantitative estimate of drug-likeness (QED) is 0.515. The number of rotatable bonds is 6. The molecule has 2 nitrogen and oxygen atoms in total. The predicted octanol–water partition coefficient (Wildman–Crippen LogP) is 6.35. The molecule has 0 saturated carbocycles. The number of aromatic nitrogens is 1. The van der Waals surface area contributed by atoms with E-state index in [4.69, 9.17) is 0 Å². The van der Waals surface area contributed by atoms with Crippen molar-refractivity contribution in [2.45, 2.75) is 46.2 Å². The van der Waals surface area contributed by atoms with Crippen LogP contribution in [0.3, 0.4) is 0 Å². The molecule has 130 valence electrons. The molecule has 25 heavy (non-hydrogen) atoms. The van der Waals surface area contributed by atoms with Crippen molar-refractivity contribution in [2.24, 2.45) is 0 Å². The average molecular weight is 351 g/mol. The molecule has 0 atom stereocenters. The minimum atomic E-state index is 0.440. The van der Waals surface area contributed by atoms with Crippen LogP contribution >= 0.6 is 11.3 Å². The van der Waals surface area contributed by atoms with Crippen molar-refractivity contribution in [3.8, 4) is 11.3 Å². The highest BCUT2D eigenvalue weighted by Crippen LogP contribution is 2.26. The molecular formula is C22H26N2S. The van der Waals surface area contributed by atoms with Crippen LogP contribution in [0.4, 0.5) is 5.69 Å². The maximum atomic E-state index is 4.39. The molecule has 0 aliphatic rings. The Bertz CT molecular complexity index is 772. The molecule has 0 fully saturated rings. The minimum Gasteiger partial charge on any atom is -0.365 e. The summed E-state index contributed by atoms with van der Waals surface area (Å²) in [5.41, 5.74) is 8.10. The Labute approximate surface area is 155 Å². The normalized spacial score (nSPS) is 11.3. The molecule has 3 aromatic rings. The molecule has 0 bridgehead atoms. The zero-order chi connectivity index (χ0) is 17.8. The lowest BCUT2D eigenvalue weighted by atomic mass is 10.0. The molecule has 0 spiro atoms. The van der Waals surface area contributed by atoms with E-state index in [1.165, 1.54) is 22.4 Å². The van der Waals surface area contributed by atoms with Gasteiger partial charge in [-0.2, -0.15) is 0 Å². The van der Waals surface area contributed by atoms with Gasteiger partial charge in [0.1, 0.15) is 0 Å². The lowest BCUT2D eigenvalue weighted by Crippen LogP contribution is -2.30. The summed E-state index contributed by atoms with van der Waals surface area (Å²) in [6, 6.07) is 18.2. The SMILES string of the molecule is CC(C)c1ccc(CN(c2ccc(-c3cscn3)cc2)C(C)C)cc1. The molecular weight excluding hydrogens is 324 g/mol. The Balaban J connectivity index is 1.79. The fourth-order valence-corrected chi connectivity index (χ4v) is 3.52. The van der Waals surface area contributed by atoms with Crippen LogP contribution in [0.1, 0.15) is 44.7 Å². The van der Waals surface area contributed by atoms with Crippen LogP contribution in [-0.4, -0.2) is 11.0 Å². The van der Waals surface area contributed by atoms with Crippen molar-refractivity contribution in [2.75, 3.05) is 4.90 Å². The third-order valence-electron chi connectivity index (χ3n) is 4.55. The van der Waals surface area contributed by atoms with Crippen LogP contribution in [0.2, 0.25) is 0 Å². The first-order chi connectivity index (χ1) is 12.0. The van der Waals surface area contributed by atoms with E-state index in [0.29, 0.717) is 12.0 Å². The second kappa shape index (κ2) is 7.83. The van der Waals surface area contributed by atoms with Gasteiger partial charge >= 0.3 is 0 Å². The molecule has 0 saturated heterocycles. The first-order valence-corrected chi connectivity index (χ1v) is 9.83. The second-order valence-corrected chi connectivity index (χ2v) is 7.76. The van der Waals surface area contributed by atoms with Gasteiger partial charge in [-0.3, -0.25) is 0 Å². The lowest BCUT2D eigenvalue weighted by molar-refractivity contribution is 0.682. The number of benzene rings is 2. The first kappa shape index (κ1) is 17.7. The third kappa shape index (κ3) is 4.29. The van der Waals surface area contributed by atoms with Gasteiger partial charge in [0, 0.05) is 29.2 Å². The number of hydrogen-bond acceptors (Lipinski definition) is 3. The van der Waals surface area contributed by atoms with Crippen molar-refractivity contribution >= 4 is 17.0 Å². The lowest BCUT2D eigenvalue weighted by Gasteiger charge is -2.29. The monoisotopic (exact) mass is 350 g/mol. The Morgan fingerprint density at radius 2 is 1.60 bits per heavy atom. The molecule has 3 heteroatoms. The molecule has 0 aliphatic heterocycles. The molecule has 0 amide bonds. The van der Waals surface area contributed by atoms with Gasteiger partial charge in [0.15, 0.2) is 0 Å². The highest BCUT2D eigenvalue weighted by atomic mass is 32.1. The largest absolute Gasteiger partial charge is 0.365 e. The van der Waals surface area contributed by atoms with Crippen LogP contribution in [-0.2, 0) is 6.54 Å². The van der Waals surface area contributed by atoms with Gasteiger partial charge in [0.2, 0.25) is 0 Å². The molecule has 3 rings (SSSR count). The van der Waals surface area contributed by atoms with E-state index in [9.17, 15) is 0 Å². The van der Waals surface area contributed by atoms with E-state index in [2.05, 4.69) is 91.5 Å². The van der Waals surface area contributed by atoms with Gasteiger partial charge in [-0.1, -0.05) is 50.2 Å². The first-order valence-electron chi connectivity index (χ1n) is 8.88. The summed E-state index contributed by atoms with van der Waals surface area (Å²) in [7, 11) is 0. The highest BCUT2D eigenvalue weighted by molar-refractivity contribution is 7.07. The summed E-state index contributed by atoms with van der Waals surface area (Å²) < 4.78 is 0. The molecule has 0 N–H and O–H groups in total.